The highest BCUT2D eigenvalue weighted by Crippen LogP contribution is 2.27. The van der Waals surface area contributed by atoms with Crippen LogP contribution in [0.5, 0.6) is 5.75 Å². The summed E-state index contributed by atoms with van der Waals surface area (Å²) in [6.07, 6.45) is 0. The summed E-state index contributed by atoms with van der Waals surface area (Å²) in [5.41, 5.74) is 2.61. The molecule has 0 saturated heterocycles. The first-order valence-electron chi connectivity index (χ1n) is 4.81. The lowest BCUT2D eigenvalue weighted by Crippen LogP contribution is -1.85. The van der Waals surface area contributed by atoms with Crippen molar-refractivity contribution in [3.8, 4) is 11.8 Å². The topological polar surface area (TPSA) is 86.1 Å². The van der Waals surface area contributed by atoms with Crippen LogP contribution in [-0.2, 0) is 4.79 Å². The fourth-order valence-electron chi connectivity index (χ4n) is 1.58. The van der Waals surface area contributed by atoms with Gasteiger partial charge in [0.1, 0.15) is 5.75 Å². The Hall–Kier alpha value is -2.48. The number of nitrogens with one attached hydrogen (secondary N) is 1. The molecule has 0 amide bonds. The van der Waals surface area contributed by atoms with Crippen molar-refractivity contribution in [1.82, 2.24) is 4.98 Å². The number of aryl methyl sites for hydroxylation is 1. The molecule has 0 saturated carbocycles. The highest BCUT2D eigenvalue weighted by molar-refractivity contribution is 5.88. The van der Waals surface area contributed by atoms with E-state index in [1.807, 2.05) is 19.1 Å². The first-order valence-corrected chi connectivity index (χ1v) is 4.81. The molecule has 0 aliphatic carbocycles. The maximum absolute atomic E-state index is 8.80. The first-order chi connectivity index (χ1) is 8.15. The third kappa shape index (κ3) is 2.75. The van der Waals surface area contributed by atoms with E-state index in [1.54, 1.807) is 13.2 Å². The zero-order valence-electron chi connectivity index (χ0n) is 9.52. The van der Waals surface area contributed by atoms with Gasteiger partial charge < -0.3 is 14.8 Å². The smallest absolute Gasteiger partial charge is 0.290 e. The summed E-state index contributed by atoms with van der Waals surface area (Å²) < 4.78 is 5.21. The third-order valence-corrected chi connectivity index (χ3v) is 2.18. The Kier molecular flexibility index (Phi) is 4.12. The number of aromatic amines is 1. The summed E-state index contributed by atoms with van der Waals surface area (Å²) in [6, 6.07) is 7.68. The fourth-order valence-corrected chi connectivity index (χ4v) is 1.58. The summed E-state index contributed by atoms with van der Waals surface area (Å²) in [5.74, 6) is 0.739. The minimum atomic E-state index is -0.250. The van der Waals surface area contributed by atoms with Crippen LogP contribution < -0.4 is 4.74 Å². The quantitative estimate of drug-likeness (QED) is 0.737. The van der Waals surface area contributed by atoms with E-state index in [9.17, 15) is 0 Å². The SMILES string of the molecule is COc1cc(C#N)cc2[nH]c(C)cc12.O=CO. The van der Waals surface area contributed by atoms with Gasteiger partial charge in [0.2, 0.25) is 0 Å². The lowest BCUT2D eigenvalue weighted by atomic mass is 10.1. The first kappa shape index (κ1) is 12.6. The Morgan fingerprint density at radius 2 is 2.12 bits per heavy atom. The minimum Gasteiger partial charge on any atom is -0.496 e. The normalized spacial score (nSPS) is 9.00. The molecule has 0 unspecified atom stereocenters. The predicted molar refractivity (Wildman–Crippen MR) is 63.0 cm³/mol. The Bertz CT molecular complexity index is 567. The molecule has 1 aromatic carbocycles. The van der Waals surface area contributed by atoms with Gasteiger partial charge in [-0.25, -0.2) is 0 Å². The van der Waals surface area contributed by atoms with E-state index < -0.39 is 0 Å². The number of nitriles is 1. The summed E-state index contributed by atoms with van der Waals surface area (Å²) in [7, 11) is 1.61. The molecule has 2 rings (SSSR count). The molecule has 5 nitrogen and oxygen atoms in total. The van der Waals surface area contributed by atoms with E-state index in [0.717, 1.165) is 22.3 Å². The maximum atomic E-state index is 8.80. The monoisotopic (exact) mass is 232 g/mol. The molecule has 17 heavy (non-hydrogen) atoms. The molecule has 1 aromatic heterocycles. The molecule has 5 heteroatoms. The largest absolute Gasteiger partial charge is 0.496 e. The molecule has 0 bridgehead atoms. The Labute approximate surface area is 98.2 Å². The van der Waals surface area contributed by atoms with E-state index >= 15 is 0 Å². The van der Waals surface area contributed by atoms with E-state index in [1.165, 1.54) is 0 Å². The van der Waals surface area contributed by atoms with E-state index in [2.05, 4.69) is 11.1 Å². The standard InChI is InChI=1S/C11H10N2O.CH2O2/c1-7-3-9-10(13-7)4-8(6-12)5-11(9)14-2;2-1-3/h3-5,13H,1-2H3;1H,(H,2,3). The molecule has 0 atom stereocenters. The summed E-state index contributed by atoms with van der Waals surface area (Å²) in [6.45, 7) is 1.73. The van der Waals surface area contributed by atoms with Crippen LogP contribution in [0.25, 0.3) is 10.9 Å². The van der Waals surface area contributed by atoms with Gasteiger partial charge in [0.25, 0.3) is 6.47 Å². The van der Waals surface area contributed by atoms with E-state index in [4.69, 9.17) is 19.9 Å². The average molecular weight is 232 g/mol. The highest BCUT2D eigenvalue weighted by atomic mass is 16.5. The molecule has 88 valence electrons. The van der Waals surface area contributed by atoms with Crippen LogP contribution in [-0.4, -0.2) is 23.7 Å². The molecule has 2 aromatic rings. The number of rotatable bonds is 1. The zero-order valence-corrected chi connectivity index (χ0v) is 9.52. The number of nitrogens with zero attached hydrogens (tertiary/aromatic N) is 1. The van der Waals surface area contributed by atoms with Gasteiger partial charge in [0.15, 0.2) is 0 Å². The maximum Gasteiger partial charge on any atom is 0.290 e. The van der Waals surface area contributed by atoms with E-state index in [0.29, 0.717) is 5.56 Å². The number of hydrogen-bond donors (Lipinski definition) is 2. The van der Waals surface area contributed by atoms with Crippen LogP contribution in [0.3, 0.4) is 0 Å². The number of carbonyl (C=O) groups is 1. The van der Waals surface area contributed by atoms with Crippen LogP contribution in [0.1, 0.15) is 11.3 Å². The van der Waals surface area contributed by atoms with Crippen LogP contribution in [0, 0.1) is 18.3 Å². The van der Waals surface area contributed by atoms with Crippen molar-refractivity contribution in [2.24, 2.45) is 0 Å². The number of methoxy groups -OCH3 is 1. The molecule has 0 fully saturated rings. The molecular weight excluding hydrogens is 220 g/mol. The second kappa shape index (κ2) is 5.56. The molecule has 0 aliphatic rings. The van der Waals surface area contributed by atoms with Gasteiger partial charge >= 0.3 is 0 Å². The van der Waals surface area contributed by atoms with Crippen LogP contribution in [0.15, 0.2) is 18.2 Å². The van der Waals surface area contributed by atoms with Crippen molar-refractivity contribution >= 4 is 17.4 Å². The number of carboxylic acid groups (broad SMARTS) is 1. The molecule has 0 aliphatic heterocycles. The molecule has 0 radical (unpaired) electrons. The highest BCUT2D eigenvalue weighted by Gasteiger charge is 2.06. The van der Waals surface area contributed by atoms with Gasteiger partial charge in [-0.2, -0.15) is 5.26 Å². The van der Waals surface area contributed by atoms with Gasteiger partial charge in [-0.3, -0.25) is 4.79 Å². The second-order valence-electron chi connectivity index (χ2n) is 3.31. The second-order valence-corrected chi connectivity index (χ2v) is 3.31. The van der Waals surface area contributed by atoms with Crippen molar-refractivity contribution in [2.45, 2.75) is 6.92 Å². The number of benzene rings is 1. The van der Waals surface area contributed by atoms with Gasteiger partial charge in [-0.15, -0.1) is 0 Å². The van der Waals surface area contributed by atoms with Crippen molar-refractivity contribution in [1.29, 1.82) is 5.26 Å². The summed E-state index contributed by atoms with van der Waals surface area (Å²) in [4.78, 5) is 11.5. The number of ether oxygens (including phenoxy) is 1. The van der Waals surface area contributed by atoms with Crippen molar-refractivity contribution in [3.63, 3.8) is 0 Å². The number of H-pyrrole nitrogens is 1. The number of hydrogen-bond acceptors (Lipinski definition) is 3. The number of fused-ring (bicyclic) bond motifs is 1. The molecular formula is C12H12N2O3. The Morgan fingerprint density at radius 3 is 2.65 bits per heavy atom. The fraction of sp³-hybridized carbons (Fsp3) is 0.167. The summed E-state index contributed by atoms with van der Waals surface area (Å²) in [5, 5.41) is 16.7. The number of aromatic nitrogens is 1. The average Bonchev–Trinajstić information content (AvgIpc) is 2.68. The van der Waals surface area contributed by atoms with Crippen molar-refractivity contribution < 1.29 is 14.6 Å². The predicted octanol–water partition coefficient (Wildman–Crippen LogP) is 2.06. The van der Waals surface area contributed by atoms with Gasteiger partial charge in [-0.05, 0) is 25.1 Å². The Balaban J connectivity index is 0.000000437. The molecule has 1 heterocycles. The van der Waals surface area contributed by atoms with Crippen LogP contribution in [0.2, 0.25) is 0 Å². The molecule has 2 N–H and O–H groups in total. The minimum absolute atomic E-state index is 0.250. The van der Waals surface area contributed by atoms with Crippen LogP contribution >= 0.6 is 0 Å². The van der Waals surface area contributed by atoms with Crippen molar-refractivity contribution in [2.75, 3.05) is 7.11 Å². The Morgan fingerprint density at radius 1 is 1.47 bits per heavy atom. The van der Waals surface area contributed by atoms with Gasteiger partial charge in [-0.1, -0.05) is 0 Å². The van der Waals surface area contributed by atoms with Crippen LogP contribution in [0.4, 0.5) is 0 Å². The van der Waals surface area contributed by atoms with Crippen molar-refractivity contribution in [3.05, 3.63) is 29.5 Å². The van der Waals surface area contributed by atoms with Gasteiger partial charge in [0.05, 0.1) is 24.3 Å². The third-order valence-electron chi connectivity index (χ3n) is 2.18. The lowest BCUT2D eigenvalue weighted by molar-refractivity contribution is -0.122. The lowest BCUT2D eigenvalue weighted by Gasteiger charge is -2.01. The zero-order chi connectivity index (χ0) is 12.8. The van der Waals surface area contributed by atoms with E-state index in [-0.39, 0.29) is 6.47 Å². The van der Waals surface area contributed by atoms with Gasteiger partial charge in [0, 0.05) is 11.1 Å². The summed E-state index contributed by atoms with van der Waals surface area (Å²) >= 11 is 0. The molecule has 0 spiro atoms.